The van der Waals surface area contributed by atoms with Crippen LogP contribution in [-0.2, 0) is 0 Å². The van der Waals surface area contributed by atoms with Gasteiger partial charge in [0.2, 0.25) is 0 Å². The van der Waals surface area contributed by atoms with E-state index in [2.05, 4.69) is 15.0 Å². The van der Waals surface area contributed by atoms with Crippen LogP contribution in [0.15, 0.2) is 42.7 Å². The molecule has 88 valence electrons. The molecule has 0 atom stereocenters. The number of carbonyl (C=O) groups excluding carboxylic acids is 1. The van der Waals surface area contributed by atoms with Gasteiger partial charge in [-0.1, -0.05) is 6.07 Å². The Kier molecular flexibility index (Phi) is 2.30. The summed E-state index contributed by atoms with van der Waals surface area (Å²) in [4.78, 5) is 22.6. The summed E-state index contributed by atoms with van der Waals surface area (Å²) in [7, 11) is 0. The first-order chi connectivity index (χ1) is 8.75. The number of aromatic nitrogens is 3. The molecule has 0 aromatic carbocycles. The summed E-state index contributed by atoms with van der Waals surface area (Å²) in [6, 6.07) is 9.00. The number of hydrogen-bond donors (Lipinski definition) is 2. The Hall–Kier alpha value is -2.69. The van der Waals surface area contributed by atoms with Gasteiger partial charge >= 0.3 is 0 Å². The van der Waals surface area contributed by atoms with Crippen LogP contribution in [0.2, 0.25) is 0 Å². The molecule has 0 bridgehead atoms. The summed E-state index contributed by atoms with van der Waals surface area (Å²) in [5.74, 6) is -0.533. The molecule has 3 aromatic rings. The van der Waals surface area contributed by atoms with Crippen LogP contribution >= 0.6 is 0 Å². The lowest BCUT2D eigenvalue weighted by Crippen LogP contribution is -2.12. The zero-order valence-electron chi connectivity index (χ0n) is 9.42. The summed E-state index contributed by atoms with van der Waals surface area (Å²) in [6.45, 7) is 0. The molecule has 0 aliphatic carbocycles. The van der Waals surface area contributed by atoms with Gasteiger partial charge in [0.15, 0.2) is 0 Å². The minimum atomic E-state index is -0.533. The van der Waals surface area contributed by atoms with Gasteiger partial charge in [-0.2, -0.15) is 0 Å². The average Bonchev–Trinajstić information content (AvgIpc) is 2.82. The first-order valence-corrected chi connectivity index (χ1v) is 5.45. The smallest absolute Gasteiger partial charge is 0.267 e. The largest absolute Gasteiger partial charge is 0.364 e. The van der Waals surface area contributed by atoms with Gasteiger partial charge in [-0.15, -0.1) is 0 Å². The van der Waals surface area contributed by atoms with Crippen molar-refractivity contribution in [2.45, 2.75) is 0 Å². The van der Waals surface area contributed by atoms with Crippen LogP contribution in [0.4, 0.5) is 0 Å². The Bertz CT molecular complexity index is 732. The topological polar surface area (TPSA) is 84.7 Å². The fourth-order valence-electron chi connectivity index (χ4n) is 1.89. The number of pyridine rings is 2. The van der Waals surface area contributed by atoms with Crippen LogP contribution in [0.3, 0.4) is 0 Å². The molecule has 0 unspecified atom stereocenters. The van der Waals surface area contributed by atoms with E-state index in [1.165, 1.54) is 0 Å². The lowest BCUT2D eigenvalue weighted by atomic mass is 10.1. The van der Waals surface area contributed by atoms with Crippen LogP contribution in [0, 0.1) is 0 Å². The van der Waals surface area contributed by atoms with E-state index in [1.54, 1.807) is 18.3 Å². The second-order valence-electron chi connectivity index (χ2n) is 3.87. The average molecular weight is 238 g/mol. The summed E-state index contributed by atoms with van der Waals surface area (Å²) in [5.41, 5.74) is 7.88. The lowest BCUT2D eigenvalue weighted by Gasteiger charge is -2.00. The first-order valence-electron chi connectivity index (χ1n) is 5.45. The second kappa shape index (κ2) is 3.96. The van der Waals surface area contributed by atoms with Crippen LogP contribution in [0.1, 0.15) is 10.5 Å². The van der Waals surface area contributed by atoms with Crippen LogP contribution < -0.4 is 5.73 Å². The molecule has 3 rings (SSSR count). The molecule has 1 amide bonds. The maximum absolute atomic E-state index is 11.1. The Morgan fingerprint density at radius 1 is 1.22 bits per heavy atom. The predicted octanol–water partition coefficient (Wildman–Crippen LogP) is 1.72. The molecular formula is C13H10N4O. The second-order valence-corrected chi connectivity index (χ2v) is 3.87. The van der Waals surface area contributed by atoms with E-state index in [1.807, 2.05) is 24.4 Å². The molecule has 3 heterocycles. The Labute approximate surface area is 103 Å². The normalized spacial score (nSPS) is 10.7. The van der Waals surface area contributed by atoms with Crippen molar-refractivity contribution >= 4 is 16.9 Å². The van der Waals surface area contributed by atoms with Crippen molar-refractivity contribution < 1.29 is 4.79 Å². The highest BCUT2D eigenvalue weighted by atomic mass is 16.1. The van der Waals surface area contributed by atoms with Crippen molar-refractivity contribution in [3.63, 3.8) is 0 Å². The number of primary amides is 1. The van der Waals surface area contributed by atoms with Gasteiger partial charge in [0, 0.05) is 23.3 Å². The highest BCUT2D eigenvalue weighted by Gasteiger charge is 2.09. The fraction of sp³-hybridized carbons (Fsp3) is 0. The monoisotopic (exact) mass is 238 g/mol. The van der Waals surface area contributed by atoms with E-state index in [0.29, 0.717) is 5.69 Å². The first kappa shape index (κ1) is 10.5. The molecule has 0 aliphatic heterocycles. The van der Waals surface area contributed by atoms with Gasteiger partial charge in [-0.05, 0) is 24.3 Å². The molecular weight excluding hydrogens is 228 g/mol. The Morgan fingerprint density at radius 2 is 2.11 bits per heavy atom. The van der Waals surface area contributed by atoms with Crippen molar-refractivity contribution in [1.82, 2.24) is 15.0 Å². The van der Waals surface area contributed by atoms with E-state index in [9.17, 15) is 4.79 Å². The number of H-pyrrole nitrogens is 1. The molecule has 0 fully saturated rings. The van der Waals surface area contributed by atoms with E-state index in [4.69, 9.17) is 5.73 Å². The van der Waals surface area contributed by atoms with Crippen molar-refractivity contribution in [2.75, 3.05) is 0 Å². The highest BCUT2D eigenvalue weighted by molar-refractivity contribution is 5.94. The summed E-state index contributed by atoms with van der Waals surface area (Å²) in [5, 5.41) is 0.964. The standard InChI is InChI=1S/C13H10N4O/c14-12(18)11-5-1-4-10(17-11)9-7-16-13-8(9)3-2-6-15-13/h1-7H,(H2,14,18)(H,15,16). The van der Waals surface area contributed by atoms with Crippen molar-refractivity contribution in [3.05, 3.63) is 48.4 Å². The molecule has 3 aromatic heterocycles. The third-order valence-corrected chi connectivity index (χ3v) is 2.73. The number of nitrogens with zero attached hydrogens (tertiary/aromatic N) is 2. The van der Waals surface area contributed by atoms with Gasteiger partial charge in [0.05, 0.1) is 5.69 Å². The molecule has 0 radical (unpaired) electrons. The van der Waals surface area contributed by atoms with Crippen molar-refractivity contribution in [2.24, 2.45) is 5.73 Å². The summed E-state index contributed by atoms with van der Waals surface area (Å²) >= 11 is 0. The van der Waals surface area contributed by atoms with Gasteiger partial charge < -0.3 is 10.7 Å². The maximum Gasteiger partial charge on any atom is 0.267 e. The molecule has 5 heteroatoms. The van der Waals surface area contributed by atoms with E-state index >= 15 is 0 Å². The molecule has 3 N–H and O–H groups in total. The number of aromatic amines is 1. The van der Waals surface area contributed by atoms with Gasteiger partial charge in [-0.3, -0.25) is 4.79 Å². The minimum Gasteiger partial charge on any atom is -0.364 e. The molecule has 0 saturated heterocycles. The SMILES string of the molecule is NC(=O)c1cccc(-c2c[nH]c3ncccc23)n1. The molecule has 0 saturated carbocycles. The highest BCUT2D eigenvalue weighted by Crippen LogP contribution is 2.25. The molecule has 5 nitrogen and oxygen atoms in total. The molecule has 18 heavy (non-hydrogen) atoms. The minimum absolute atomic E-state index is 0.255. The van der Waals surface area contributed by atoms with Crippen LogP contribution in [0.25, 0.3) is 22.3 Å². The number of fused-ring (bicyclic) bond motifs is 1. The van der Waals surface area contributed by atoms with Crippen molar-refractivity contribution in [1.29, 1.82) is 0 Å². The van der Waals surface area contributed by atoms with Crippen LogP contribution in [0.5, 0.6) is 0 Å². The Morgan fingerprint density at radius 3 is 2.94 bits per heavy atom. The van der Waals surface area contributed by atoms with Gasteiger partial charge in [0.25, 0.3) is 5.91 Å². The Balaban J connectivity index is 2.20. The molecule has 0 aliphatic rings. The van der Waals surface area contributed by atoms with E-state index in [-0.39, 0.29) is 5.69 Å². The molecule has 0 spiro atoms. The van der Waals surface area contributed by atoms with Gasteiger partial charge in [-0.25, -0.2) is 9.97 Å². The zero-order valence-corrected chi connectivity index (χ0v) is 9.42. The number of carbonyl (C=O) groups is 1. The fourth-order valence-corrected chi connectivity index (χ4v) is 1.89. The number of nitrogens with one attached hydrogen (secondary N) is 1. The third-order valence-electron chi connectivity index (χ3n) is 2.73. The van der Waals surface area contributed by atoms with Crippen molar-refractivity contribution in [3.8, 4) is 11.3 Å². The number of nitrogens with two attached hydrogens (primary N) is 1. The number of hydrogen-bond acceptors (Lipinski definition) is 3. The van der Waals surface area contributed by atoms with Gasteiger partial charge in [0.1, 0.15) is 11.3 Å². The van der Waals surface area contributed by atoms with Crippen LogP contribution in [-0.4, -0.2) is 20.9 Å². The number of amides is 1. The van der Waals surface area contributed by atoms with E-state index < -0.39 is 5.91 Å². The summed E-state index contributed by atoms with van der Waals surface area (Å²) in [6.07, 6.45) is 3.54. The quantitative estimate of drug-likeness (QED) is 0.712. The predicted molar refractivity (Wildman–Crippen MR) is 67.8 cm³/mol. The van der Waals surface area contributed by atoms with E-state index in [0.717, 1.165) is 16.6 Å². The maximum atomic E-state index is 11.1. The third kappa shape index (κ3) is 1.62. The summed E-state index contributed by atoms with van der Waals surface area (Å²) < 4.78 is 0. The number of rotatable bonds is 2. The lowest BCUT2D eigenvalue weighted by molar-refractivity contribution is 0.0995. The zero-order chi connectivity index (χ0) is 12.5.